The lowest BCUT2D eigenvalue weighted by molar-refractivity contribution is 0.569. The molecule has 0 saturated carbocycles. The number of nitrogens with zero attached hydrogens (tertiary/aromatic N) is 1. The zero-order chi connectivity index (χ0) is 13.8. The first-order valence-corrected chi connectivity index (χ1v) is 6.74. The summed E-state index contributed by atoms with van der Waals surface area (Å²) in [5.41, 5.74) is 2.71. The van der Waals surface area contributed by atoms with E-state index in [2.05, 4.69) is 4.98 Å². The summed E-state index contributed by atoms with van der Waals surface area (Å²) in [5.74, 6) is 0.840. The number of hydrogen-bond donors (Lipinski definition) is 0. The van der Waals surface area contributed by atoms with Crippen LogP contribution in [0.5, 0.6) is 0 Å². The van der Waals surface area contributed by atoms with Gasteiger partial charge in [-0.15, -0.1) is 0 Å². The van der Waals surface area contributed by atoms with E-state index in [1.165, 1.54) is 0 Å². The zero-order valence-corrected chi connectivity index (χ0v) is 12.0. The van der Waals surface area contributed by atoms with E-state index in [0.29, 0.717) is 10.7 Å². The molecule has 3 heteroatoms. The van der Waals surface area contributed by atoms with Crippen molar-refractivity contribution in [1.82, 2.24) is 4.98 Å². The number of pyridine rings is 1. The molecule has 2 aromatic heterocycles. The third kappa shape index (κ3) is 2.49. The Morgan fingerprint density at radius 3 is 2.42 bits per heavy atom. The molecule has 0 aliphatic heterocycles. The maximum Gasteiger partial charge on any atom is 0.228 e. The molecular formula is C16H16ClNO. The summed E-state index contributed by atoms with van der Waals surface area (Å²) in [4.78, 5) is 4.20. The van der Waals surface area contributed by atoms with Gasteiger partial charge >= 0.3 is 0 Å². The first-order chi connectivity index (χ1) is 9.27. The normalized spacial score (nSPS) is 10.1. The number of aryl methyl sites for hydroxylation is 1. The molecule has 0 atom stereocenters. The van der Waals surface area contributed by atoms with Gasteiger partial charge in [-0.25, -0.2) is 4.98 Å². The van der Waals surface area contributed by atoms with Crippen molar-refractivity contribution >= 4 is 22.7 Å². The van der Waals surface area contributed by atoms with Crippen molar-refractivity contribution in [2.45, 2.75) is 20.8 Å². The third-order valence-electron chi connectivity index (χ3n) is 2.78. The van der Waals surface area contributed by atoms with E-state index in [0.717, 1.165) is 22.3 Å². The molecule has 3 aromatic rings. The summed E-state index contributed by atoms with van der Waals surface area (Å²) in [5, 5.41) is 1.56. The number of rotatable bonds is 1. The summed E-state index contributed by atoms with van der Waals surface area (Å²) in [6, 6.07) is 11.9. The van der Waals surface area contributed by atoms with Crippen molar-refractivity contribution in [3.05, 3.63) is 53.4 Å². The average molecular weight is 274 g/mol. The smallest absolute Gasteiger partial charge is 0.228 e. The predicted octanol–water partition coefficient (Wildman–Crippen LogP) is 5.48. The van der Waals surface area contributed by atoms with Crippen LogP contribution >= 0.6 is 11.6 Å². The van der Waals surface area contributed by atoms with Gasteiger partial charge in [0.05, 0.1) is 10.4 Å². The molecule has 0 aliphatic rings. The molecule has 0 radical (unpaired) electrons. The first-order valence-electron chi connectivity index (χ1n) is 6.36. The fraction of sp³-hybridized carbons (Fsp3) is 0.188. The van der Waals surface area contributed by atoms with Crippen LogP contribution in [0.15, 0.2) is 47.0 Å². The SMILES string of the molecule is CC.Cc1oc2nccc(Cl)c2c1-c1ccccc1. The van der Waals surface area contributed by atoms with E-state index in [9.17, 15) is 0 Å². The van der Waals surface area contributed by atoms with Crippen LogP contribution in [-0.4, -0.2) is 4.98 Å². The summed E-state index contributed by atoms with van der Waals surface area (Å²) in [7, 11) is 0. The van der Waals surface area contributed by atoms with Crippen LogP contribution in [0.1, 0.15) is 19.6 Å². The topological polar surface area (TPSA) is 26.0 Å². The lowest BCUT2D eigenvalue weighted by Crippen LogP contribution is -1.79. The number of fused-ring (bicyclic) bond motifs is 1. The number of furan rings is 1. The van der Waals surface area contributed by atoms with Crippen molar-refractivity contribution in [2.75, 3.05) is 0 Å². The maximum absolute atomic E-state index is 6.23. The Hall–Kier alpha value is -1.80. The van der Waals surface area contributed by atoms with Gasteiger partial charge < -0.3 is 4.42 Å². The van der Waals surface area contributed by atoms with Gasteiger partial charge in [-0.1, -0.05) is 55.8 Å². The Balaban J connectivity index is 0.000000637. The Morgan fingerprint density at radius 2 is 1.74 bits per heavy atom. The monoisotopic (exact) mass is 273 g/mol. The molecule has 0 amide bonds. The summed E-state index contributed by atoms with van der Waals surface area (Å²) >= 11 is 6.23. The van der Waals surface area contributed by atoms with E-state index in [4.69, 9.17) is 16.0 Å². The largest absolute Gasteiger partial charge is 0.442 e. The molecule has 0 bridgehead atoms. The quantitative estimate of drug-likeness (QED) is 0.586. The van der Waals surface area contributed by atoms with Gasteiger partial charge in [0.15, 0.2) is 0 Å². The van der Waals surface area contributed by atoms with Crippen LogP contribution in [0, 0.1) is 6.92 Å². The van der Waals surface area contributed by atoms with E-state index in [1.54, 1.807) is 12.3 Å². The van der Waals surface area contributed by atoms with Crippen molar-refractivity contribution in [1.29, 1.82) is 0 Å². The Kier molecular flexibility index (Phi) is 4.23. The molecule has 2 nitrogen and oxygen atoms in total. The van der Waals surface area contributed by atoms with Gasteiger partial charge in [-0.3, -0.25) is 0 Å². The summed E-state index contributed by atoms with van der Waals surface area (Å²) in [6.45, 7) is 5.93. The van der Waals surface area contributed by atoms with Crippen molar-refractivity contribution in [2.24, 2.45) is 0 Å². The molecule has 19 heavy (non-hydrogen) atoms. The number of aromatic nitrogens is 1. The van der Waals surface area contributed by atoms with E-state index in [-0.39, 0.29) is 0 Å². The summed E-state index contributed by atoms with van der Waals surface area (Å²) in [6.07, 6.45) is 1.66. The molecule has 0 aliphatic carbocycles. The summed E-state index contributed by atoms with van der Waals surface area (Å²) < 4.78 is 5.64. The lowest BCUT2D eigenvalue weighted by atomic mass is 10.0. The van der Waals surface area contributed by atoms with Crippen molar-refractivity contribution in [3.63, 3.8) is 0 Å². The van der Waals surface area contributed by atoms with Crippen molar-refractivity contribution < 1.29 is 4.42 Å². The van der Waals surface area contributed by atoms with E-state index < -0.39 is 0 Å². The van der Waals surface area contributed by atoms with Gasteiger partial charge in [0, 0.05) is 11.8 Å². The molecule has 0 spiro atoms. The molecule has 98 valence electrons. The molecule has 0 unspecified atom stereocenters. The van der Waals surface area contributed by atoms with Gasteiger partial charge in [0.25, 0.3) is 0 Å². The molecule has 0 saturated heterocycles. The fourth-order valence-electron chi connectivity index (χ4n) is 2.05. The molecule has 1 aromatic carbocycles. The minimum atomic E-state index is 0.592. The Labute approximate surface area is 118 Å². The van der Waals surface area contributed by atoms with Crippen LogP contribution in [0.25, 0.3) is 22.2 Å². The average Bonchev–Trinajstić information content (AvgIpc) is 2.79. The standard InChI is InChI=1S/C14H10ClNO.C2H6/c1-9-12(10-5-3-2-4-6-10)13-11(15)7-8-16-14(13)17-9;1-2/h2-8H,1H3;1-2H3. The highest BCUT2D eigenvalue weighted by atomic mass is 35.5. The number of halogens is 1. The van der Waals surface area contributed by atoms with E-state index >= 15 is 0 Å². The van der Waals surface area contributed by atoms with Gasteiger partial charge in [-0.05, 0) is 18.6 Å². The second kappa shape index (κ2) is 5.89. The highest BCUT2D eigenvalue weighted by Gasteiger charge is 2.15. The van der Waals surface area contributed by atoms with Crippen LogP contribution in [0.4, 0.5) is 0 Å². The van der Waals surface area contributed by atoms with Gasteiger partial charge in [0.1, 0.15) is 5.76 Å². The van der Waals surface area contributed by atoms with Crippen LogP contribution < -0.4 is 0 Å². The first kappa shape index (κ1) is 13.6. The predicted molar refractivity (Wildman–Crippen MR) is 80.5 cm³/mol. The van der Waals surface area contributed by atoms with E-state index in [1.807, 2.05) is 51.1 Å². The Bertz CT molecular complexity index is 674. The number of hydrogen-bond acceptors (Lipinski definition) is 2. The minimum absolute atomic E-state index is 0.592. The maximum atomic E-state index is 6.23. The molecular weight excluding hydrogens is 258 g/mol. The fourth-order valence-corrected chi connectivity index (χ4v) is 2.28. The third-order valence-corrected chi connectivity index (χ3v) is 3.09. The van der Waals surface area contributed by atoms with Gasteiger partial charge in [-0.2, -0.15) is 0 Å². The molecule has 0 N–H and O–H groups in total. The highest BCUT2D eigenvalue weighted by molar-refractivity contribution is 6.36. The number of benzene rings is 1. The van der Waals surface area contributed by atoms with Crippen LogP contribution in [0.3, 0.4) is 0 Å². The zero-order valence-electron chi connectivity index (χ0n) is 11.3. The van der Waals surface area contributed by atoms with Crippen molar-refractivity contribution in [3.8, 4) is 11.1 Å². The van der Waals surface area contributed by atoms with Crippen LogP contribution in [-0.2, 0) is 0 Å². The second-order valence-electron chi connectivity index (χ2n) is 3.87. The van der Waals surface area contributed by atoms with Gasteiger partial charge in [0.2, 0.25) is 5.71 Å². The lowest BCUT2D eigenvalue weighted by Gasteiger charge is -2.00. The highest BCUT2D eigenvalue weighted by Crippen LogP contribution is 2.37. The van der Waals surface area contributed by atoms with Crippen LogP contribution in [0.2, 0.25) is 5.02 Å². The second-order valence-corrected chi connectivity index (χ2v) is 4.28. The minimum Gasteiger partial charge on any atom is -0.442 e. The molecule has 3 rings (SSSR count). The molecule has 2 heterocycles. The molecule has 0 fully saturated rings. The Morgan fingerprint density at radius 1 is 1.05 bits per heavy atom.